The molecule has 2 aromatic carbocycles. The quantitative estimate of drug-likeness (QED) is 0.198. The van der Waals surface area contributed by atoms with Crippen LogP contribution in [0.2, 0.25) is 0 Å². The standard InChI is InChI=1S/C35H30N4O11S2/c40-31-17-23(51(45,46)47)15-27-25(31)9-3-11-29(27)38-33(42)19-5-1-7-21(13-19)36-35(44)37-22-8-2-6-20(14-22)34(43)39-30-12-4-10-26-28(30)16-24(18-32(26)41)52(48,49)50/h1-8,11-14,17-18,27-28,40-41H,9-10,15-16H2,(H2,36,37,44)(H,45,46,47)(H,48,49,50). The van der Waals surface area contributed by atoms with Crippen LogP contribution in [-0.2, 0) is 20.2 Å². The smallest absolute Gasteiger partial charge is 0.323 e. The average Bonchev–Trinajstić information content (AvgIpc) is 3.08. The summed E-state index contributed by atoms with van der Waals surface area (Å²) < 4.78 is 66.0. The molecule has 0 fully saturated rings. The summed E-state index contributed by atoms with van der Waals surface area (Å²) in [5.74, 6) is -3.54. The van der Waals surface area contributed by atoms with Crippen molar-refractivity contribution in [1.82, 2.24) is 0 Å². The zero-order chi connectivity index (χ0) is 37.4. The van der Waals surface area contributed by atoms with E-state index in [0.29, 0.717) is 24.0 Å². The predicted molar refractivity (Wildman–Crippen MR) is 191 cm³/mol. The van der Waals surface area contributed by atoms with Crippen molar-refractivity contribution in [3.8, 4) is 0 Å². The minimum absolute atomic E-state index is 0.0901. The summed E-state index contributed by atoms with van der Waals surface area (Å²) in [4.78, 5) is 46.7. The molecule has 4 aliphatic rings. The highest BCUT2D eigenvalue weighted by Gasteiger charge is 2.34. The van der Waals surface area contributed by atoms with Crippen molar-refractivity contribution >= 4 is 60.9 Å². The van der Waals surface area contributed by atoms with E-state index in [1.807, 2.05) is 0 Å². The highest BCUT2D eigenvalue weighted by atomic mass is 32.2. The van der Waals surface area contributed by atoms with Crippen LogP contribution in [0.1, 0.15) is 46.4 Å². The van der Waals surface area contributed by atoms with Gasteiger partial charge in [-0.15, -0.1) is 0 Å². The molecular formula is C35H30N4O11S2. The molecule has 0 radical (unpaired) electrons. The minimum Gasteiger partial charge on any atom is -0.508 e. The monoisotopic (exact) mass is 746 g/mol. The fraction of sp³-hybridized carbons (Fsp3) is 0.171. The Labute approximate surface area is 297 Å². The number of aliphatic hydroxyl groups excluding tert-OH is 2. The lowest BCUT2D eigenvalue weighted by Crippen LogP contribution is -2.26. The molecule has 15 nitrogen and oxygen atoms in total. The lowest BCUT2D eigenvalue weighted by Gasteiger charge is -2.27. The van der Waals surface area contributed by atoms with Gasteiger partial charge in [-0.25, -0.2) is 14.8 Å². The summed E-state index contributed by atoms with van der Waals surface area (Å²) in [6.45, 7) is 0. The average molecular weight is 747 g/mol. The summed E-state index contributed by atoms with van der Waals surface area (Å²) >= 11 is 0. The molecule has 0 heterocycles. The van der Waals surface area contributed by atoms with Crippen molar-refractivity contribution in [2.75, 3.05) is 10.6 Å². The third-order valence-corrected chi connectivity index (χ3v) is 10.6. The number of anilines is 2. The van der Waals surface area contributed by atoms with Crippen LogP contribution in [-0.4, -0.2) is 65.4 Å². The molecule has 0 saturated carbocycles. The number of carbonyl (C=O) groups excluding carboxylic acids is 3. The summed E-state index contributed by atoms with van der Waals surface area (Å²) in [6.07, 6.45) is 8.63. The molecule has 0 spiro atoms. The molecule has 6 N–H and O–H groups in total. The number of rotatable bonds is 6. The van der Waals surface area contributed by atoms with Gasteiger partial charge in [-0.1, -0.05) is 24.3 Å². The van der Waals surface area contributed by atoms with Gasteiger partial charge in [-0.3, -0.25) is 18.7 Å². The molecule has 2 atom stereocenters. The number of nitrogens with zero attached hydrogens (tertiary/aromatic N) is 2. The van der Waals surface area contributed by atoms with Crippen molar-refractivity contribution in [1.29, 1.82) is 0 Å². The Kier molecular flexibility index (Phi) is 9.78. The van der Waals surface area contributed by atoms with E-state index in [1.54, 1.807) is 24.3 Å². The molecular weight excluding hydrogens is 717 g/mol. The maximum Gasteiger partial charge on any atom is 0.323 e. The second-order valence-electron chi connectivity index (χ2n) is 12.1. The van der Waals surface area contributed by atoms with Crippen LogP contribution in [0.5, 0.6) is 0 Å². The lowest BCUT2D eigenvalue weighted by atomic mass is 9.81. The fourth-order valence-corrected chi connectivity index (χ4v) is 7.50. The maximum atomic E-state index is 13.2. The first-order valence-electron chi connectivity index (χ1n) is 15.6. The van der Waals surface area contributed by atoms with Crippen molar-refractivity contribution in [3.63, 3.8) is 0 Å². The summed E-state index contributed by atoms with van der Waals surface area (Å²) in [7, 11) is -9.16. The van der Waals surface area contributed by atoms with E-state index in [-0.39, 0.29) is 58.3 Å². The Morgan fingerprint density at radius 2 is 1.06 bits per heavy atom. The molecule has 2 aromatic rings. The van der Waals surface area contributed by atoms with E-state index < -0.39 is 59.7 Å². The first-order valence-corrected chi connectivity index (χ1v) is 18.5. The van der Waals surface area contributed by atoms with Crippen molar-refractivity contribution < 1.29 is 50.5 Å². The van der Waals surface area contributed by atoms with Crippen molar-refractivity contribution in [2.24, 2.45) is 21.8 Å². The van der Waals surface area contributed by atoms with E-state index in [1.165, 1.54) is 48.5 Å². The zero-order valence-electron chi connectivity index (χ0n) is 26.9. The topological polar surface area (TPSA) is 249 Å². The SMILES string of the molecule is O=C(Nc1cccc(C(=O)N=C2C=CCC3=C(O)C=C(S(=O)(=O)O)CC23)c1)Nc1cccc(C(=O)N=C2C=CCC3=C(O)C=C(S(=O)(=O)O)CC23)c1. The molecule has 268 valence electrons. The first-order chi connectivity index (χ1) is 24.6. The number of aliphatic imine (C=N–C) groups is 2. The molecule has 52 heavy (non-hydrogen) atoms. The Bertz CT molecular complexity index is 2230. The molecule has 4 amide bonds. The number of aliphatic hydroxyl groups is 2. The van der Waals surface area contributed by atoms with Gasteiger partial charge in [0.2, 0.25) is 0 Å². The van der Waals surface area contributed by atoms with Gasteiger partial charge in [0.25, 0.3) is 32.1 Å². The number of carbonyl (C=O) groups is 3. The third kappa shape index (κ3) is 7.92. The number of amides is 4. The van der Waals surface area contributed by atoms with Crippen LogP contribution < -0.4 is 10.6 Å². The van der Waals surface area contributed by atoms with E-state index in [0.717, 1.165) is 12.2 Å². The fourth-order valence-electron chi connectivity index (χ4n) is 6.23. The Morgan fingerprint density at radius 3 is 1.44 bits per heavy atom. The molecule has 17 heteroatoms. The number of nitrogens with one attached hydrogen (secondary N) is 2. The van der Waals surface area contributed by atoms with Crippen LogP contribution in [0.4, 0.5) is 16.2 Å². The number of urea groups is 1. The number of benzene rings is 2. The van der Waals surface area contributed by atoms with Crippen LogP contribution >= 0.6 is 0 Å². The van der Waals surface area contributed by atoms with Gasteiger partial charge in [0.15, 0.2) is 0 Å². The number of allylic oxidation sites excluding steroid dienone is 10. The molecule has 0 bridgehead atoms. The van der Waals surface area contributed by atoms with Gasteiger partial charge in [0.05, 0.1) is 21.2 Å². The molecule has 6 rings (SSSR count). The minimum atomic E-state index is -4.58. The predicted octanol–water partition coefficient (Wildman–Crippen LogP) is 5.62. The molecule has 0 saturated heterocycles. The number of fused-ring (bicyclic) bond motifs is 2. The van der Waals surface area contributed by atoms with Crippen LogP contribution in [0, 0.1) is 11.8 Å². The summed E-state index contributed by atoms with van der Waals surface area (Å²) in [5.41, 5.74) is 1.91. The highest BCUT2D eigenvalue weighted by molar-refractivity contribution is 7.90. The van der Waals surface area contributed by atoms with E-state index in [2.05, 4.69) is 20.6 Å². The Hall–Kier alpha value is -5.75. The molecule has 0 aromatic heterocycles. The first kappa shape index (κ1) is 36.1. The second kappa shape index (κ2) is 14.1. The van der Waals surface area contributed by atoms with Gasteiger partial charge in [0.1, 0.15) is 11.5 Å². The highest BCUT2D eigenvalue weighted by Crippen LogP contribution is 2.38. The number of hydrogen-bond donors (Lipinski definition) is 6. The van der Waals surface area contributed by atoms with Gasteiger partial charge in [-0.05, 0) is 97.5 Å². The Morgan fingerprint density at radius 1 is 0.654 bits per heavy atom. The summed E-state index contributed by atoms with van der Waals surface area (Å²) in [6, 6.07) is 11.0. The largest absolute Gasteiger partial charge is 0.508 e. The second-order valence-corrected chi connectivity index (χ2v) is 15.1. The third-order valence-electron chi connectivity index (χ3n) is 8.73. The normalized spacial score (nSPS) is 21.7. The van der Waals surface area contributed by atoms with E-state index in [9.17, 15) is 50.5 Å². The van der Waals surface area contributed by atoms with Crippen molar-refractivity contribution in [2.45, 2.75) is 25.7 Å². The van der Waals surface area contributed by atoms with Gasteiger partial charge >= 0.3 is 6.03 Å². The van der Waals surface area contributed by atoms with Gasteiger partial charge in [-0.2, -0.15) is 16.8 Å². The van der Waals surface area contributed by atoms with Crippen LogP contribution in [0.3, 0.4) is 0 Å². The summed E-state index contributed by atoms with van der Waals surface area (Å²) in [5, 5.41) is 25.9. The van der Waals surface area contributed by atoms with E-state index in [4.69, 9.17) is 0 Å². The van der Waals surface area contributed by atoms with Crippen LogP contribution in [0.25, 0.3) is 0 Å². The number of hydrogen-bond acceptors (Lipinski definition) is 9. The zero-order valence-corrected chi connectivity index (χ0v) is 28.6. The van der Waals surface area contributed by atoms with E-state index >= 15 is 0 Å². The maximum absolute atomic E-state index is 13.2. The Balaban J connectivity index is 1.13. The lowest BCUT2D eigenvalue weighted by molar-refractivity contribution is 0.0994. The van der Waals surface area contributed by atoms with Crippen molar-refractivity contribution in [3.05, 3.63) is 129 Å². The van der Waals surface area contributed by atoms with Crippen LogP contribution in [0.15, 0.2) is 127 Å². The molecule has 2 unspecified atom stereocenters. The molecule has 4 aliphatic carbocycles. The van der Waals surface area contributed by atoms with Gasteiger partial charge in [0, 0.05) is 34.3 Å². The molecule has 0 aliphatic heterocycles. The van der Waals surface area contributed by atoms with Gasteiger partial charge < -0.3 is 20.8 Å².